The van der Waals surface area contributed by atoms with Gasteiger partial charge in [-0.25, -0.2) is 22.4 Å². The van der Waals surface area contributed by atoms with E-state index in [2.05, 4.69) is 47.6 Å². The molecule has 0 radical (unpaired) electrons. The van der Waals surface area contributed by atoms with Gasteiger partial charge in [-0.05, 0) is 42.9 Å². The number of carbonyl (C=O) groups excluding carboxylic acids is 1. The van der Waals surface area contributed by atoms with Crippen LogP contribution in [0.2, 0.25) is 0 Å². The zero-order valence-corrected chi connectivity index (χ0v) is 23.2. The Bertz CT molecular complexity index is 1780. The van der Waals surface area contributed by atoms with Crippen molar-refractivity contribution in [2.45, 2.75) is 11.4 Å². The molecule has 13 heteroatoms. The van der Waals surface area contributed by atoms with Crippen LogP contribution in [0.15, 0.2) is 84.3 Å². The fourth-order valence-electron chi connectivity index (χ4n) is 4.76. The van der Waals surface area contributed by atoms with E-state index in [4.69, 9.17) is 0 Å². The topological polar surface area (TPSA) is 141 Å². The molecule has 3 aromatic heterocycles. The Balaban J connectivity index is 1.17. The van der Waals surface area contributed by atoms with E-state index in [-0.39, 0.29) is 22.1 Å². The van der Waals surface area contributed by atoms with Crippen LogP contribution in [0.25, 0.3) is 11.0 Å². The average Bonchev–Trinajstić information content (AvgIpc) is 3.64. The Kier molecular flexibility index (Phi) is 7.22. The Morgan fingerprint density at radius 2 is 1.73 bits per heavy atom. The molecule has 0 spiro atoms. The van der Waals surface area contributed by atoms with Gasteiger partial charge in [0, 0.05) is 44.6 Å². The van der Waals surface area contributed by atoms with Crippen LogP contribution >= 0.6 is 0 Å². The Morgan fingerprint density at radius 3 is 2.49 bits per heavy atom. The van der Waals surface area contributed by atoms with Gasteiger partial charge < -0.3 is 15.5 Å². The first-order valence-electron chi connectivity index (χ1n) is 13.1. The van der Waals surface area contributed by atoms with Gasteiger partial charge in [-0.2, -0.15) is 5.10 Å². The molecule has 1 aliphatic heterocycles. The average molecular weight is 572 g/mol. The van der Waals surface area contributed by atoms with Crippen molar-refractivity contribution in [3.8, 4) is 0 Å². The molecule has 5 aromatic rings. The molecule has 0 bridgehead atoms. The standard InChI is InChI=1S/C28H29N9O3S/c1-35-13-15-36(16-14-35)18-20-7-9-21(10-8-20)32-28(38)25-24(17-31-34-25)33-26-23-11-12-37(27(23)30-19-29-26)41(39,40)22-5-3-2-4-6-22/h2-12,17,19H,13-16,18H2,1H3,(H,31,34)(H,32,38)(H,29,30,33). The highest BCUT2D eigenvalue weighted by molar-refractivity contribution is 7.90. The number of carbonyl (C=O) groups is 1. The van der Waals surface area contributed by atoms with Crippen LogP contribution < -0.4 is 10.6 Å². The summed E-state index contributed by atoms with van der Waals surface area (Å²) in [5.41, 5.74) is 2.63. The molecule has 41 heavy (non-hydrogen) atoms. The van der Waals surface area contributed by atoms with Crippen LogP contribution in [0, 0.1) is 0 Å². The summed E-state index contributed by atoms with van der Waals surface area (Å²) in [5.74, 6) is -0.0490. The Labute approximate surface area is 237 Å². The van der Waals surface area contributed by atoms with Gasteiger partial charge in [0.25, 0.3) is 15.9 Å². The lowest BCUT2D eigenvalue weighted by Gasteiger charge is -2.32. The lowest BCUT2D eigenvalue weighted by molar-refractivity contribution is 0.102. The second-order valence-corrected chi connectivity index (χ2v) is 11.7. The van der Waals surface area contributed by atoms with Gasteiger partial charge in [0.15, 0.2) is 5.65 Å². The van der Waals surface area contributed by atoms with Gasteiger partial charge in [-0.3, -0.25) is 14.8 Å². The molecule has 12 nitrogen and oxygen atoms in total. The lowest BCUT2D eigenvalue weighted by Crippen LogP contribution is -2.43. The summed E-state index contributed by atoms with van der Waals surface area (Å²) < 4.78 is 27.5. The smallest absolute Gasteiger partial charge is 0.275 e. The number of hydrogen-bond donors (Lipinski definition) is 3. The number of nitrogens with zero attached hydrogens (tertiary/aromatic N) is 6. The van der Waals surface area contributed by atoms with E-state index in [1.807, 2.05) is 24.3 Å². The van der Waals surface area contributed by atoms with E-state index in [1.165, 1.54) is 36.4 Å². The lowest BCUT2D eigenvalue weighted by atomic mass is 10.1. The molecule has 1 fully saturated rings. The van der Waals surface area contributed by atoms with E-state index in [9.17, 15) is 13.2 Å². The first-order chi connectivity index (χ1) is 19.9. The van der Waals surface area contributed by atoms with Crippen LogP contribution in [0.1, 0.15) is 16.1 Å². The summed E-state index contributed by atoms with van der Waals surface area (Å²) in [7, 11) is -1.72. The molecule has 6 rings (SSSR count). The number of fused-ring (bicyclic) bond motifs is 1. The molecule has 4 heterocycles. The van der Waals surface area contributed by atoms with Gasteiger partial charge in [-0.15, -0.1) is 0 Å². The maximum absolute atomic E-state index is 13.2. The van der Waals surface area contributed by atoms with Crippen molar-refractivity contribution in [3.63, 3.8) is 0 Å². The summed E-state index contributed by atoms with van der Waals surface area (Å²) >= 11 is 0. The summed E-state index contributed by atoms with van der Waals surface area (Å²) in [4.78, 5) is 26.5. The number of aromatic nitrogens is 5. The van der Waals surface area contributed by atoms with Crippen molar-refractivity contribution in [1.82, 2.24) is 33.9 Å². The monoisotopic (exact) mass is 571 g/mol. The zero-order chi connectivity index (χ0) is 28.4. The largest absolute Gasteiger partial charge is 0.336 e. The van der Waals surface area contributed by atoms with Crippen molar-refractivity contribution >= 4 is 44.2 Å². The van der Waals surface area contributed by atoms with Crippen LogP contribution in [-0.4, -0.2) is 81.5 Å². The van der Waals surface area contributed by atoms with E-state index in [0.717, 1.165) is 36.7 Å². The summed E-state index contributed by atoms with van der Waals surface area (Å²) in [6, 6.07) is 17.6. The first-order valence-corrected chi connectivity index (χ1v) is 14.6. The number of hydrogen-bond acceptors (Lipinski definition) is 9. The third-order valence-corrected chi connectivity index (χ3v) is 8.76. The van der Waals surface area contributed by atoms with E-state index < -0.39 is 10.0 Å². The number of likely N-dealkylation sites (N-methyl/N-ethyl adjacent to an activating group) is 1. The molecule has 1 saturated heterocycles. The number of H-pyrrole nitrogens is 1. The minimum atomic E-state index is -3.86. The normalized spacial score (nSPS) is 14.8. The third kappa shape index (κ3) is 5.55. The fourth-order valence-corrected chi connectivity index (χ4v) is 6.08. The molecule has 1 amide bonds. The van der Waals surface area contributed by atoms with Gasteiger partial charge in [0.1, 0.15) is 17.8 Å². The van der Waals surface area contributed by atoms with Crippen molar-refractivity contribution in [2.75, 3.05) is 43.9 Å². The molecule has 0 atom stereocenters. The quantitative estimate of drug-likeness (QED) is 0.256. The van der Waals surface area contributed by atoms with Gasteiger partial charge in [0.2, 0.25) is 0 Å². The maximum Gasteiger partial charge on any atom is 0.275 e. The Hall–Kier alpha value is -4.59. The molecular formula is C28H29N9O3S. The van der Waals surface area contributed by atoms with Crippen molar-refractivity contribution in [3.05, 3.63) is 90.6 Å². The SMILES string of the molecule is CN1CCN(Cc2ccc(NC(=O)c3[nH]ncc3Nc3ncnc4c3ccn4S(=O)(=O)c3ccccc3)cc2)CC1. The summed E-state index contributed by atoms with van der Waals surface area (Å²) in [6.07, 6.45) is 4.17. The van der Waals surface area contributed by atoms with Crippen molar-refractivity contribution in [2.24, 2.45) is 0 Å². The molecule has 1 aliphatic rings. The number of rotatable bonds is 8. The minimum absolute atomic E-state index is 0.145. The fraction of sp³-hybridized carbons (Fsp3) is 0.214. The highest BCUT2D eigenvalue weighted by atomic mass is 32.2. The molecule has 2 aromatic carbocycles. The highest BCUT2D eigenvalue weighted by Gasteiger charge is 2.22. The number of anilines is 3. The predicted molar refractivity (Wildman–Crippen MR) is 156 cm³/mol. The minimum Gasteiger partial charge on any atom is -0.336 e. The van der Waals surface area contributed by atoms with Crippen LogP contribution in [0.4, 0.5) is 17.2 Å². The predicted octanol–water partition coefficient (Wildman–Crippen LogP) is 3.13. The van der Waals surface area contributed by atoms with Gasteiger partial charge in [-0.1, -0.05) is 30.3 Å². The molecule has 0 aliphatic carbocycles. The second-order valence-electron chi connectivity index (χ2n) is 9.90. The number of aromatic amines is 1. The number of nitrogens with one attached hydrogen (secondary N) is 3. The number of piperazine rings is 1. The number of benzene rings is 2. The van der Waals surface area contributed by atoms with Crippen LogP contribution in [0.3, 0.4) is 0 Å². The van der Waals surface area contributed by atoms with Crippen LogP contribution in [0.5, 0.6) is 0 Å². The highest BCUT2D eigenvalue weighted by Crippen LogP contribution is 2.28. The van der Waals surface area contributed by atoms with Crippen molar-refractivity contribution in [1.29, 1.82) is 0 Å². The van der Waals surface area contributed by atoms with E-state index >= 15 is 0 Å². The maximum atomic E-state index is 13.2. The summed E-state index contributed by atoms with van der Waals surface area (Å²) in [6.45, 7) is 5.08. The Morgan fingerprint density at radius 1 is 0.976 bits per heavy atom. The second kappa shape index (κ2) is 11.1. The van der Waals surface area contributed by atoms with E-state index in [1.54, 1.807) is 24.3 Å². The van der Waals surface area contributed by atoms with Gasteiger partial charge in [0.05, 0.1) is 22.2 Å². The molecule has 210 valence electrons. The van der Waals surface area contributed by atoms with Gasteiger partial charge >= 0.3 is 0 Å². The third-order valence-electron chi connectivity index (χ3n) is 7.08. The zero-order valence-electron chi connectivity index (χ0n) is 22.4. The number of amides is 1. The molecule has 3 N–H and O–H groups in total. The summed E-state index contributed by atoms with van der Waals surface area (Å²) in [5, 5.41) is 13.2. The molecular weight excluding hydrogens is 542 g/mol. The molecule has 0 unspecified atom stereocenters. The van der Waals surface area contributed by atoms with Crippen LogP contribution in [-0.2, 0) is 16.6 Å². The first kappa shape index (κ1) is 26.6. The van der Waals surface area contributed by atoms with Crippen molar-refractivity contribution < 1.29 is 13.2 Å². The van der Waals surface area contributed by atoms with E-state index in [0.29, 0.717) is 22.6 Å². The molecule has 0 saturated carbocycles.